The maximum Gasteiger partial charge on any atom is 0.341 e. The Morgan fingerprint density at radius 3 is 2.67 bits per heavy atom. The first-order valence-electron chi connectivity index (χ1n) is 9.00. The number of aryl methyl sites for hydroxylation is 1. The minimum atomic E-state index is -1.20. The van der Waals surface area contributed by atoms with Crippen LogP contribution in [0, 0.1) is 12.8 Å². The van der Waals surface area contributed by atoms with E-state index in [-0.39, 0.29) is 17.5 Å². The van der Waals surface area contributed by atoms with E-state index in [1.54, 1.807) is 0 Å². The number of carboxylic acids is 1. The lowest BCUT2D eigenvalue weighted by Crippen LogP contribution is -2.31. The van der Waals surface area contributed by atoms with Crippen molar-refractivity contribution in [2.75, 3.05) is 0 Å². The van der Waals surface area contributed by atoms with E-state index < -0.39 is 11.4 Å². The highest BCUT2D eigenvalue weighted by Gasteiger charge is 2.30. The summed E-state index contributed by atoms with van der Waals surface area (Å²) in [7, 11) is 0. The third-order valence-electron chi connectivity index (χ3n) is 5.31. The van der Waals surface area contributed by atoms with Crippen molar-refractivity contribution in [3.63, 3.8) is 0 Å². The number of pyridine rings is 1. The summed E-state index contributed by atoms with van der Waals surface area (Å²) >= 11 is 0. The summed E-state index contributed by atoms with van der Waals surface area (Å²) in [5.74, 6) is -0.942. The van der Waals surface area contributed by atoms with Crippen molar-refractivity contribution < 1.29 is 9.90 Å². The second-order valence-corrected chi connectivity index (χ2v) is 7.36. The Balaban J connectivity index is 2.02. The molecule has 0 fully saturated rings. The Morgan fingerprint density at radius 2 is 2.00 bits per heavy atom. The molecule has 0 spiro atoms. The Bertz CT molecular complexity index is 1110. The summed E-state index contributed by atoms with van der Waals surface area (Å²) in [6.07, 6.45) is 3.32. The molecule has 27 heavy (non-hydrogen) atoms. The molecule has 6 nitrogen and oxygen atoms in total. The first-order chi connectivity index (χ1) is 12.9. The summed E-state index contributed by atoms with van der Waals surface area (Å²) in [6, 6.07) is 9.51. The van der Waals surface area contributed by atoms with Gasteiger partial charge in [0.1, 0.15) is 5.56 Å². The largest absolute Gasteiger partial charge is 0.477 e. The number of fused-ring (bicyclic) bond motifs is 3. The number of hydrogen-bond donors (Lipinski definition) is 1. The summed E-state index contributed by atoms with van der Waals surface area (Å²) in [5.41, 5.74) is 4.02. The highest BCUT2D eigenvalue weighted by molar-refractivity contribution is 5.88. The van der Waals surface area contributed by atoms with E-state index in [2.05, 4.69) is 18.9 Å². The van der Waals surface area contributed by atoms with E-state index in [9.17, 15) is 14.7 Å². The first kappa shape index (κ1) is 17.3. The zero-order chi connectivity index (χ0) is 19.3. The van der Waals surface area contributed by atoms with Crippen LogP contribution in [-0.2, 0) is 6.54 Å². The fraction of sp³-hybridized carbons (Fsp3) is 0.286. The Hall–Kier alpha value is -3.15. The van der Waals surface area contributed by atoms with Gasteiger partial charge in [-0.05, 0) is 24.0 Å². The van der Waals surface area contributed by atoms with Crippen molar-refractivity contribution in [2.24, 2.45) is 5.92 Å². The summed E-state index contributed by atoms with van der Waals surface area (Å²) in [5, 5.41) is 14.0. The van der Waals surface area contributed by atoms with Crippen molar-refractivity contribution >= 4 is 5.97 Å². The monoisotopic (exact) mass is 363 g/mol. The molecule has 6 heteroatoms. The van der Waals surface area contributed by atoms with Gasteiger partial charge in [0, 0.05) is 17.8 Å². The third kappa shape index (κ3) is 2.68. The van der Waals surface area contributed by atoms with Crippen LogP contribution in [0.3, 0.4) is 0 Å². The van der Waals surface area contributed by atoms with Crippen molar-refractivity contribution in [2.45, 2.75) is 33.4 Å². The van der Waals surface area contributed by atoms with E-state index >= 15 is 0 Å². The van der Waals surface area contributed by atoms with Crippen LogP contribution in [-0.4, -0.2) is 25.4 Å². The second kappa shape index (κ2) is 6.23. The summed E-state index contributed by atoms with van der Waals surface area (Å²) in [6.45, 7) is 6.85. The van der Waals surface area contributed by atoms with Crippen LogP contribution in [0.5, 0.6) is 0 Å². The average Bonchev–Trinajstić information content (AvgIpc) is 3.04. The highest BCUT2D eigenvalue weighted by atomic mass is 16.4. The van der Waals surface area contributed by atoms with Gasteiger partial charge in [-0.2, -0.15) is 5.10 Å². The van der Waals surface area contributed by atoms with Crippen molar-refractivity contribution in [3.8, 4) is 22.5 Å². The lowest BCUT2D eigenvalue weighted by Gasteiger charge is -2.33. The van der Waals surface area contributed by atoms with Crippen LogP contribution in [0.15, 0.2) is 47.5 Å². The topological polar surface area (TPSA) is 77.1 Å². The molecule has 3 heterocycles. The Kier molecular flexibility index (Phi) is 3.98. The molecule has 138 valence electrons. The molecule has 3 aromatic rings. The highest BCUT2D eigenvalue weighted by Crippen LogP contribution is 2.39. The third-order valence-corrected chi connectivity index (χ3v) is 5.31. The number of hydrogen-bond acceptors (Lipinski definition) is 3. The van der Waals surface area contributed by atoms with Gasteiger partial charge in [-0.25, -0.2) is 4.79 Å². The maximum atomic E-state index is 12.4. The predicted molar refractivity (Wildman–Crippen MR) is 103 cm³/mol. The van der Waals surface area contributed by atoms with Crippen molar-refractivity contribution in [1.82, 2.24) is 14.3 Å². The number of aromatic carboxylic acids is 1. The molecule has 0 bridgehead atoms. The molecule has 0 saturated heterocycles. The van der Waals surface area contributed by atoms with Crippen LogP contribution >= 0.6 is 0 Å². The van der Waals surface area contributed by atoms with Crippen LogP contribution in [0.25, 0.3) is 22.5 Å². The molecule has 1 atom stereocenters. The molecular formula is C21H21N3O3. The van der Waals surface area contributed by atoms with Crippen LogP contribution < -0.4 is 5.43 Å². The molecule has 0 aliphatic carbocycles. The molecule has 1 N–H and O–H groups in total. The van der Waals surface area contributed by atoms with Gasteiger partial charge in [0.25, 0.3) is 0 Å². The van der Waals surface area contributed by atoms with Gasteiger partial charge in [0.2, 0.25) is 0 Å². The fourth-order valence-electron chi connectivity index (χ4n) is 3.84. The van der Waals surface area contributed by atoms with Crippen LogP contribution in [0.2, 0.25) is 0 Å². The molecule has 0 unspecified atom stereocenters. The standard InChI is InChI=1S/C21H21N3O3/c1-12(2)18-11-24-20(15(9-22-24)14-7-5-4-6-13(14)3)17-8-19(25)16(21(26)27)10-23(17)18/h4-10,12,18H,11H2,1-3H3,(H,26,27)/t18-/m0/s1. The van der Waals surface area contributed by atoms with Gasteiger partial charge in [-0.15, -0.1) is 0 Å². The minimum absolute atomic E-state index is 0.0239. The van der Waals surface area contributed by atoms with Crippen LogP contribution in [0.1, 0.15) is 35.8 Å². The number of nitrogens with zero attached hydrogens (tertiary/aromatic N) is 3. The van der Waals surface area contributed by atoms with Gasteiger partial charge in [-0.3, -0.25) is 9.48 Å². The molecular weight excluding hydrogens is 342 g/mol. The van der Waals surface area contributed by atoms with Gasteiger partial charge >= 0.3 is 5.97 Å². The molecule has 1 aliphatic rings. The normalized spacial score (nSPS) is 15.5. The molecule has 0 saturated carbocycles. The fourth-order valence-corrected chi connectivity index (χ4v) is 3.84. The quantitative estimate of drug-likeness (QED) is 0.771. The van der Waals surface area contributed by atoms with E-state index in [0.29, 0.717) is 12.2 Å². The van der Waals surface area contributed by atoms with E-state index in [1.807, 2.05) is 46.6 Å². The zero-order valence-corrected chi connectivity index (χ0v) is 15.5. The van der Waals surface area contributed by atoms with Gasteiger partial charge in [-0.1, -0.05) is 38.1 Å². The number of aromatic nitrogens is 3. The van der Waals surface area contributed by atoms with E-state index in [1.165, 1.54) is 12.3 Å². The molecule has 0 amide bonds. The second-order valence-electron chi connectivity index (χ2n) is 7.36. The first-order valence-corrected chi connectivity index (χ1v) is 9.00. The number of benzene rings is 1. The number of carboxylic acid groups (broad SMARTS) is 1. The number of rotatable bonds is 3. The minimum Gasteiger partial charge on any atom is -0.477 e. The Labute approximate surface area is 156 Å². The van der Waals surface area contributed by atoms with Crippen LogP contribution in [0.4, 0.5) is 0 Å². The van der Waals surface area contributed by atoms with Crippen molar-refractivity contribution in [3.05, 3.63) is 64.1 Å². The average molecular weight is 363 g/mol. The molecule has 4 rings (SSSR count). The lowest BCUT2D eigenvalue weighted by atomic mass is 9.95. The molecule has 1 aromatic carbocycles. The van der Waals surface area contributed by atoms with E-state index in [0.717, 1.165) is 22.4 Å². The zero-order valence-electron chi connectivity index (χ0n) is 15.5. The summed E-state index contributed by atoms with van der Waals surface area (Å²) < 4.78 is 3.87. The molecule has 2 aromatic heterocycles. The smallest absolute Gasteiger partial charge is 0.341 e. The van der Waals surface area contributed by atoms with Crippen molar-refractivity contribution in [1.29, 1.82) is 0 Å². The van der Waals surface area contributed by atoms with Gasteiger partial charge < -0.3 is 9.67 Å². The SMILES string of the molecule is Cc1ccccc1-c1cnn2c1-c1cc(=O)c(C(=O)O)cn1[C@H](C(C)C)C2. The van der Waals surface area contributed by atoms with Gasteiger partial charge in [0.05, 0.1) is 30.2 Å². The number of carbonyl (C=O) groups is 1. The van der Waals surface area contributed by atoms with Gasteiger partial charge in [0.15, 0.2) is 5.43 Å². The lowest BCUT2D eigenvalue weighted by molar-refractivity contribution is 0.0694. The summed E-state index contributed by atoms with van der Waals surface area (Å²) in [4.78, 5) is 23.9. The molecule has 0 radical (unpaired) electrons. The Morgan fingerprint density at radius 1 is 1.26 bits per heavy atom. The molecule has 1 aliphatic heterocycles. The maximum absolute atomic E-state index is 12.4. The van der Waals surface area contributed by atoms with E-state index in [4.69, 9.17) is 0 Å². The predicted octanol–water partition coefficient (Wildman–Crippen LogP) is 3.60.